The van der Waals surface area contributed by atoms with Gasteiger partial charge in [-0.1, -0.05) is 26.0 Å². The minimum atomic E-state index is -0.166. The highest BCUT2D eigenvalue weighted by Crippen LogP contribution is 2.17. The summed E-state index contributed by atoms with van der Waals surface area (Å²) in [4.78, 5) is 21.0. The number of hydrogen-bond donors (Lipinski definition) is 0. The monoisotopic (exact) mass is 389 g/mol. The molecule has 0 heterocycles. The van der Waals surface area contributed by atoms with E-state index in [2.05, 4.69) is 52.9 Å². The van der Waals surface area contributed by atoms with Crippen molar-refractivity contribution in [3.05, 3.63) is 29.8 Å². The summed E-state index contributed by atoms with van der Waals surface area (Å²) in [6, 6.07) is 8.34. The van der Waals surface area contributed by atoms with Crippen molar-refractivity contribution < 1.29 is 9.53 Å². The van der Waals surface area contributed by atoms with Gasteiger partial charge in [0.05, 0.1) is 13.2 Å². The normalized spacial score (nSPS) is 11.3. The van der Waals surface area contributed by atoms with Crippen LogP contribution in [0.1, 0.15) is 58.9 Å². The molecule has 0 amide bonds. The molecule has 0 aliphatic heterocycles. The number of esters is 1. The second kappa shape index (κ2) is 15.1. The topological polar surface area (TPSA) is 45.1 Å². The van der Waals surface area contributed by atoms with Crippen molar-refractivity contribution in [1.82, 2.24) is 4.90 Å². The predicted molar refractivity (Wildman–Crippen MR) is 119 cm³/mol. The first-order valence-electron chi connectivity index (χ1n) is 10.8. The molecule has 0 aliphatic carbocycles. The molecule has 28 heavy (non-hydrogen) atoms. The lowest BCUT2D eigenvalue weighted by Crippen LogP contribution is -2.33. The Morgan fingerprint density at radius 3 is 2.21 bits per heavy atom. The van der Waals surface area contributed by atoms with E-state index in [0.717, 1.165) is 31.6 Å². The lowest BCUT2D eigenvalue weighted by molar-refractivity contribution is -0.141. The van der Waals surface area contributed by atoms with Gasteiger partial charge in [0.15, 0.2) is 0 Å². The maximum atomic E-state index is 12.1. The molecule has 0 aromatic heterocycles. The van der Waals surface area contributed by atoms with Crippen molar-refractivity contribution in [3.63, 3.8) is 0 Å². The summed E-state index contributed by atoms with van der Waals surface area (Å²) in [6.07, 6.45) is 6.42. The Bertz CT molecular complexity index is 551. The SMILES string of the molecule is CC=NCc1ccc(N(CCCCN(CCC)CCC)CC(=O)OCC)cc1. The molecule has 0 saturated heterocycles. The van der Waals surface area contributed by atoms with E-state index in [1.165, 1.54) is 31.5 Å². The number of ether oxygens (including phenoxy) is 1. The number of rotatable bonds is 15. The van der Waals surface area contributed by atoms with E-state index in [1.807, 2.05) is 20.1 Å². The molecule has 0 atom stereocenters. The van der Waals surface area contributed by atoms with Crippen LogP contribution in [0.2, 0.25) is 0 Å². The maximum Gasteiger partial charge on any atom is 0.325 e. The Morgan fingerprint density at radius 1 is 1.00 bits per heavy atom. The summed E-state index contributed by atoms with van der Waals surface area (Å²) >= 11 is 0. The summed E-state index contributed by atoms with van der Waals surface area (Å²) in [7, 11) is 0. The van der Waals surface area contributed by atoms with Gasteiger partial charge in [0.1, 0.15) is 6.54 Å². The lowest BCUT2D eigenvalue weighted by Gasteiger charge is -2.25. The van der Waals surface area contributed by atoms with Crippen LogP contribution in [0.3, 0.4) is 0 Å². The molecule has 158 valence electrons. The van der Waals surface area contributed by atoms with Gasteiger partial charge in [-0.2, -0.15) is 0 Å². The van der Waals surface area contributed by atoms with Gasteiger partial charge in [0.25, 0.3) is 0 Å². The van der Waals surface area contributed by atoms with Gasteiger partial charge < -0.3 is 14.5 Å². The molecule has 1 aromatic rings. The summed E-state index contributed by atoms with van der Waals surface area (Å²) in [5.41, 5.74) is 2.24. The van der Waals surface area contributed by atoms with E-state index in [1.54, 1.807) is 0 Å². The number of benzene rings is 1. The quantitative estimate of drug-likeness (QED) is 0.251. The van der Waals surface area contributed by atoms with Crippen LogP contribution in [0, 0.1) is 0 Å². The van der Waals surface area contributed by atoms with Crippen LogP contribution in [0.4, 0.5) is 5.69 Å². The van der Waals surface area contributed by atoms with Gasteiger partial charge in [-0.15, -0.1) is 0 Å². The van der Waals surface area contributed by atoms with Crippen molar-refractivity contribution in [2.24, 2.45) is 4.99 Å². The van der Waals surface area contributed by atoms with Gasteiger partial charge in [-0.25, -0.2) is 0 Å². The third-order valence-corrected chi connectivity index (χ3v) is 4.62. The Labute approximate surface area is 171 Å². The fraction of sp³-hybridized carbons (Fsp3) is 0.652. The number of unbranched alkanes of at least 4 members (excludes halogenated alkanes) is 1. The molecule has 0 N–H and O–H groups in total. The fourth-order valence-corrected chi connectivity index (χ4v) is 3.28. The van der Waals surface area contributed by atoms with Gasteiger partial charge in [0, 0.05) is 12.2 Å². The minimum Gasteiger partial charge on any atom is -0.465 e. The smallest absolute Gasteiger partial charge is 0.325 e. The summed E-state index contributed by atoms with van der Waals surface area (Å²) in [5, 5.41) is 0. The highest BCUT2D eigenvalue weighted by Gasteiger charge is 2.13. The summed E-state index contributed by atoms with van der Waals surface area (Å²) < 4.78 is 5.17. The number of anilines is 1. The van der Waals surface area contributed by atoms with Crippen molar-refractivity contribution in [2.75, 3.05) is 44.2 Å². The van der Waals surface area contributed by atoms with Crippen LogP contribution in [0.15, 0.2) is 29.3 Å². The second-order valence-corrected chi connectivity index (χ2v) is 7.04. The number of carbonyl (C=O) groups is 1. The van der Waals surface area contributed by atoms with E-state index >= 15 is 0 Å². The molecule has 0 bridgehead atoms. The Balaban J connectivity index is 2.65. The molecule has 0 aliphatic rings. The Morgan fingerprint density at radius 2 is 1.64 bits per heavy atom. The van der Waals surface area contributed by atoms with Crippen molar-refractivity contribution in [2.45, 2.75) is 59.9 Å². The minimum absolute atomic E-state index is 0.166. The summed E-state index contributed by atoms with van der Waals surface area (Å²) in [6.45, 7) is 14.0. The zero-order valence-electron chi connectivity index (χ0n) is 18.3. The molecule has 0 unspecified atom stereocenters. The average molecular weight is 390 g/mol. The zero-order valence-corrected chi connectivity index (χ0v) is 18.3. The number of carbonyl (C=O) groups excluding carboxylic acids is 1. The molecule has 0 radical (unpaired) electrons. The van der Waals surface area contributed by atoms with E-state index in [4.69, 9.17) is 4.74 Å². The largest absolute Gasteiger partial charge is 0.465 e. The molecule has 0 spiro atoms. The van der Waals surface area contributed by atoms with Gasteiger partial charge in [-0.05, 0) is 83.1 Å². The van der Waals surface area contributed by atoms with E-state index in [9.17, 15) is 4.79 Å². The van der Waals surface area contributed by atoms with Gasteiger partial charge in [0.2, 0.25) is 0 Å². The standard InChI is InChI=1S/C23H39N3O2/c1-5-15-25(16-6-2)17-9-10-18-26(20-23(27)28-8-4)22-13-11-21(12-14-22)19-24-7-3/h7,11-14H,5-6,8-10,15-20H2,1-4H3. The third-order valence-electron chi connectivity index (χ3n) is 4.62. The Kier molecular flexibility index (Phi) is 13.0. The molecule has 0 fully saturated rings. The van der Waals surface area contributed by atoms with Gasteiger partial charge >= 0.3 is 5.97 Å². The molecule has 5 heteroatoms. The molecule has 5 nitrogen and oxygen atoms in total. The first-order chi connectivity index (χ1) is 13.6. The molecular weight excluding hydrogens is 350 g/mol. The highest BCUT2D eigenvalue weighted by molar-refractivity contribution is 5.75. The third kappa shape index (κ3) is 9.88. The first-order valence-corrected chi connectivity index (χ1v) is 10.8. The number of nitrogens with zero attached hydrogens (tertiary/aromatic N) is 3. The van der Waals surface area contributed by atoms with Crippen molar-refractivity contribution >= 4 is 17.9 Å². The van der Waals surface area contributed by atoms with Crippen LogP contribution < -0.4 is 4.90 Å². The number of hydrogen-bond acceptors (Lipinski definition) is 5. The molecule has 0 saturated carbocycles. The van der Waals surface area contributed by atoms with Crippen LogP contribution in [-0.2, 0) is 16.1 Å². The van der Waals surface area contributed by atoms with Gasteiger partial charge in [-0.3, -0.25) is 9.79 Å². The van der Waals surface area contributed by atoms with Crippen LogP contribution in [-0.4, -0.2) is 56.4 Å². The molecule has 1 aromatic carbocycles. The summed E-state index contributed by atoms with van der Waals surface area (Å²) in [5.74, 6) is -0.166. The maximum absolute atomic E-state index is 12.1. The Hall–Kier alpha value is -1.88. The number of aliphatic imine (C=N–C) groups is 1. The van der Waals surface area contributed by atoms with Crippen LogP contribution >= 0.6 is 0 Å². The van der Waals surface area contributed by atoms with E-state index in [0.29, 0.717) is 19.7 Å². The van der Waals surface area contributed by atoms with E-state index in [-0.39, 0.29) is 5.97 Å². The highest BCUT2D eigenvalue weighted by atomic mass is 16.5. The second-order valence-electron chi connectivity index (χ2n) is 7.04. The first kappa shape index (κ1) is 24.2. The fourth-order valence-electron chi connectivity index (χ4n) is 3.28. The van der Waals surface area contributed by atoms with Crippen LogP contribution in [0.5, 0.6) is 0 Å². The predicted octanol–water partition coefficient (Wildman–Crippen LogP) is 4.55. The molecule has 1 rings (SSSR count). The zero-order chi connectivity index (χ0) is 20.6. The van der Waals surface area contributed by atoms with E-state index < -0.39 is 0 Å². The molecular formula is C23H39N3O2. The van der Waals surface area contributed by atoms with Crippen LogP contribution in [0.25, 0.3) is 0 Å². The van der Waals surface area contributed by atoms with Crippen molar-refractivity contribution in [3.8, 4) is 0 Å². The van der Waals surface area contributed by atoms with Crippen molar-refractivity contribution in [1.29, 1.82) is 0 Å². The lowest BCUT2D eigenvalue weighted by atomic mass is 10.1. The average Bonchev–Trinajstić information content (AvgIpc) is 2.69.